The first-order valence-electron chi connectivity index (χ1n) is 15.0. The Morgan fingerprint density at radius 1 is 1.12 bits per heavy atom. The van der Waals surface area contributed by atoms with Crippen molar-refractivity contribution in [3.05, 3.63) is 121 Å². The molecule has 13 heteroatoms. The third-order valence-corrected chi connectivity index (χ3v) is 7.59. The molecule has 5 rings (SSSR count). The monoisotopic (exact) mass is 671 g/mol. The number of nitro groups is 1. The Kier molecular flexibility index (Phi) is 10.1. The molecular weight excluding hydrogens is 641 g/mol. The molecule has 0 radical (unpaired) electrons. The Morgan fingerprint density at radius 2 is 1.85 bits per heavy atom. The fourth-order valence-corrected chi connectivity index (χ4v) is 5.30. The summed E-state index contributed by atoms with van der Waals surface area (Å²) in [6, 6.07) is 18.3. The van der Waals surface area contributed by atoms with Crippen LogP contribution in [0.2, 0.25) is 5.02 Å². The first-order valence-corrected chi connectivity index (χ1v) is 15.3. The predicted molar refractivity (Wildman–Crippen MR) is 183 cm³/mol. The molecule has 1 heterocycles. The normalized spacial score (nSPS) is 11.3. The molecule has 0 unspecified atom stereocenters. The van der Waals surface area contributed by atoms with Crippen LogP contribution in [0.1, 0.15) is 43.4 Å². The molecule has 1 N–H and O–H groups in total. The molecule has 48 heavy (non-hydrogen) atoms. The van der Waals surface area contributed by atoms with Crippen LogP contribution < -0.4 is 20.3 Å². The minimum atomic E-state index is -0.706. The number of anilines is 1. The highest BCUT2D eigenvalue weighted by molar-refractivity contribution is 6.32. The number of aryl methyl sites for hydroxylation is 1. The quantitative estimate of drug-likeness (QED) is 0.0872. The highest BCUT2D eigenvalue weighted by Gasteiger charge is 2.22. The zero-order chi connectivity index (χ0) is 34.5. The van der Waals surface area contributed by atoms with E-state index in [4.69, 9.17) is 26.1 Å². The summed E-state index contributed by atoms with van der Waals surface area (Å²) in [6.07, 6.45) is 1.26. The standard InChI is InChI=1S/C35H31ClFN5O6/c1-5-47-31-14-21(4)27(17-26(31)20(2)3)34-40-29-9-7-6-8-25(29)35(44)41(34)38-18-22-15-28(36)33(30(16-22)42(45)46)48-19-32(43)39-24-12-10-23(37)11-13-24/h6-18,20H,5,19H2,1-4H3,(H,39,43). The molecule has 0 saturated carbocycles. The number of carbonyl (C=O) groups is 1. The molecule has 4 aromatic carbocycles. The Hall–Kier alpha value is -5.62. The summed E-state index contributed by atoms with van der Waals surface area (Å²) >= 11 is 6.41. The number of amides is 1. The second-order valence-corrected chi connectivity index (χ2v) is 11.5. The first kappa shape index (κ1) is 33.7. The van der Waals surface area contributed by atoms with Gasteiger partial charge in [0.15, 0.2) is 12.4 Å². The molecule has 0 atom stereocenters. The Morgan fingerprint density at radius 3 is 2.54 bits per heavy atom. The van der Waals surface area contributed by atoms with Gasteiger partial charge in [-0.25, -0.2) is 9.37 Å². The lowest BCUT2D eigenvalue weighted by atomic mass is 9.96. The molecule has 0 fully saturated rings. The van der Waals surface area contributed by atoms with E-state index in [1.54, 1.807) is 24.3 Å². The zero-order valence-corrected chi connectivity index (χ0v) is 27.2. The van der Waals surface area contributed by atoms with Crippen LogP contribution in [0.15, 0.2) is 82.7 Å². The minimum absolute atomic E-state index is 0.104. The molecule has 0 bridgehead atoms. The maximum Gasteiger partial charge on any atom is 0.313 e. The maximum absolute atomic E-state index is 13.8. The molecule has 1 amide bonds. The molecule has 1 aromatic heterocycles. The summed E-state index contributed by atoms with van der Waals surface area (Å²) in [6.45, 7) is 7.76. The molecule has 0 spiro atoms. The summed E-state index contributed by atoms with van der Waals surface area (Å²) in [5, 5.41) is 19.1. The lowest BCUT2D eigenvalue weighted by Gasteiger charge is -2.18. The number of carbonyl (C=O) groups excluding carboxylic acids is 1. The molecule has 0 saturated heterocycles. The summed E-state index contributed by atoms with van der Waals surface area (Å²) in [7, 11) is 0. The van der Waals surface area contributed by atoms with Gasteiger partial charge >= 0.3 is 5.69 Å². The van der Waals surface area contributed by atoms with Crippen LogP contribution in [-0.4, -0.2) is 39.9 Å². The number of halogens is 2. The molecule has 5 aromatic rings. The van der Waals surface area contributed by atoms with Gasteiger partial charge in [0.2, 0.25) is 5.75 Å². The van der Waals surface area contributed by atoms with Crippen molar-refractivity contribution >= 4 is 46.0 Å². The van der Waals surface area contributed by atoms with Crippen molar-refractivity contribution in [3.8, 4) is 22.9 Å². The zero-order valence-electron chi connectivity index (χ0n) is 26.5. The van der Waals surface area contributed by atoms with Crippen molar-refractivity contribution in [2.75, 3.05) is 18.5 Å². The van der Waals surface area contributed by atoms with E-state index in [1.807, 2.05) is 39.8 Å². The van der Waals surface area contributed by atoms with Crippen LogP contribution in [0.3, 0.4) is 0 Å². The Labute approximate surface area is 279 Å². The molecule has 246 valence electrons. The molecule has 11 nitrogen and oxygen atoms in total. The number of aromatic nitrogens is 2. The van der Waals surface area contributed by atoms with Crippen LogP contribution in [0.4, 0.5) is 15.8 Å². The van der Waals surface area contributed by atoms with E-state index in [2.05, 4.69) is 10.4 Å². The maximum atomic E-state index is 13.8. The van der Waals surface area contributed by atoms with Gasteiger partial charge in [-0.05, 0) is 85.5 Å². The van der Waals surface area contributed by atoms with Crippen LogP contribution in [-0.2, 0) is 4.79 Å². The number of ether oxygens (including phenoxy) is 2. The van der Waals surface area contributed by atoms with Gasteiger partial charge in [-0.15, -0.1) is 0 Å². The Bertz CT molecular complexity index is 2110. The van der Waals surface area contributed by atoms with Crippen molar-refractivity contribution in [1.82, 2.24) is 9.66 Å². The number of nitro benzene ring substituents is 1. The van der Waals surface area contributed by atoms with E-state index < -0.39 is 34.5 Å². The number of hydrogen-bond acceptors (Lipinski definition) is 8. The van der Waals surface area contributed by atoms with Crippen LogP contribution in [0.5, 0.6) is 11.5 Å². The smallest absolute Gasteiger partial charge is 0.313 e. The predicted octanol–water partition coefficient (Wildman–Crippen LogP) is 7.49. The van der Waals surface area contributed by atoms with Gasteiger partial charge in [0, 0.05) is 22.9 Å². The van der Waals surface area contributed by atoms with E-state index in [-0.39, 0.29) is 28.1 Å². The first-order chi connectivity index (χ1) is 23.0. The third-order valence-electron chi connectivity index (χ3n) is 7.31. The van der Waals surface area contributed by atoms with Crippen molar-refractivity contribution in [2.24, 2.45) is 5.10 Å². The van der Waals surface area contributed by atoms with Gasteiger partial charge < -0.3 is 14.8 Å². The number of hydrogen-bond donors (Lipinski definition) is 1. The largest absolute Gasteiger partial charge is 0.494 e. The molecule has 0 aliphatic heterocycles. The highest BCUT2D eigenvalue weighted by Crippen LogP contribution is 2.37. The topological polar surface area (TPSA) is 138 Å². The summed E-state index contributed by atoms with van der Waals surface area (Å²) < 4.78 is 25.6. The van der Waals surface area contributed by atoms with Crippen LogP contribution >= 0.6 is 11.6 Å². The van der Waals surface area contributed by atoms with E-state index in [9.17, 15) is 24.1 Å². The Balaban J connectivity index is 1.53. The average Bonchev–Trinajstić information content (AvgIpc) is 3.04. The lowest BCUT2D eigenvalue weighted by molar-refractivity contribution is -0.385. The molecule has 0 aliphatic rings. The minimum Gasteiger partial charge on any atom is -0.494 e. The van der Waals surface area contributed by atoms with Crippen molar-refractivity contribution < 1.29 is 23.6 Å². The van der Waals surface area contributed by atoms with Crippen molar-refractivity contribution in [2.45, 2.75) is 33.6 Å². The SMILES string of the molecule is CCOc1cc(C)c(-c2nc3ccccc3c(=O)n2N=Cc2cc(Cl)c(OCC(=O)Nc3ccc(F)cc3)c([N+](=O)[O-])c2)cc1C(C)C. The number of nitrogens with one attached hydrogen (secondary N) is 1. The van der Waals surface area contributed by atoms with E-state index in [0.29, 0.717) is 28.8 Å². The summed E-state index contributed by atoms with van der Waals surface area (Å²) in [5.74, 6) is -0.329. The van der Waals surface area contributed by atoms with Gasteiger partial charge in [-0.3, -0.25) is 19.7 Å². The highest BCUT2D eigenvalue weighted by atomic mass is 35.5. The van der Waals surface area contributed by atoms with Crippen molar-refractivity contribution in [1.29, 1.82) is 0 Å². The number of fused-ring (bicyclic) bond motifs is 1. The van der Waals surface area contributed by atoms with E-state index >= 15 is 0 Å². The van der Waals surface area contributed by atoms with Gasteiger partial charge in [-0.2, -0.15) is 9.78 Å². The number of benzene rings is 4. The average molecular weight is 672 g/mol. The summed E-state index contributed by atoms with van der Waals surface area (Å²) in [4.78, 5) is 42.3. The van der Waals surface area contributed by atoms with E-state index in [1.165, 1.54) is 42.6 Å². The molecule has 0 aliphatic carbocycles. The second kappa shape index (κ2) is 14.4. The van der Waals surface area contributed by atoms with Crippen LogP contribution in [0, 0.1) is 22.9 Å². The second-order valence-electron chi connectivity index (χ2n) is 11.1. The molecular formula is C35H31ClFN5O6. The van der Waals surface area contributed by atoms with Gasteiger partial charge in [-0.1, -0.05) is 37.6 Å². The fourth-order valence-electron chi connectivity index (χ4n) is 5.02. The van der Waals surface area contributed by atoms with Crippen LogP contribution in [0.25, 0.3) is 22.3 Å². The van der Waals surface area contributed by atoms with Gasteiger partial charge in [0.1, 0.15) is 11.6 Å². The number of para-hydroxylation sites is 1. The number of nitrogens with zero attached hydrogens (tertiary/aromatic N) is 4. The number of rotatable bonds is 11. The van der Waals surface area contributed by atoms with Gasteiger partial charge in [0.25, 0.3) is 11.5 Å². The van der Waals surface area contributed by atoms with E-state index in [0.717, 1.165) is 21.6 Å². The van der Waals surface area contributed by atoms with Gasteiger partial charge in [0.05, 0.1) is 33.7 Å². The third kappa shape index (κ3) is 7.34. The lowest BCUT2D eigenvalue weighted by Crippen LogP contribution is -2.21. The van der Waals surface area contributed by atoms with Crippen molar-refractivity contribution in [3.63, 3.8) is 0 Å². The summed E-state index contributed by atoms with van der Waals surface area (Å²) in [5.41, 5.74) is 2.41. The fraction of sp³-hybridized carbons (Fsp3) is 0.200.